The molecule has 0 radical (unpaired) electrons. The third kappa shape index (κ3) is 3.61. The van der Waals surface area contributed by atoms with Crippen molar-refractivity contribution in [3.63, 3.8) is 0 Å². The fourth-order valence-corrected chi connectivity index (χ4v) is 4.03. The lowest BCUT2D eigenvalue weighted by molar-refractivity contribution is -0.137. The van der Waals surface area contributed by atoms with Gasteiger partial charge in [-0.1, -0.05) is 18.2 Å². The maximum absolute atomic E-state index is 13.7. The number of alkyl halides is 3. The summed E-state index contributed by atoms with van der Waals surface area (Å²) in [7, 11) is -4.03. The summed E-state index contributed by atoms with van der Waals surface area (Å²) in [5.74, 6) is 0.154. The Morgan fingerprint density at radius 3 is 2.60 bits per heavy atom. The molecule has 30 heavy (non-hydrogen) atoms. The van der Waals surface area contributed by atoms with E-state index in [2.05, 4.69) is 5.10 Å². The van der Waals surface area contributed by atoms with Crippen molar-refractivity contribution >= 4 is 10.0 Å². The van der Waals surface area contributed by atoms with E-state index in [1.165, 1.54) is 42.1 Å². The normalized spacial score (nSPS) is 13.7. The molecule has 2 aromatic carbocycles. The first-order valence-corrected chi connectivity index (χ1v) is 10.3. The molecule has 0 saturated heterocycles. The van der Waals surface area contributed by atoms with E-state index in [1.807, 2.05) is 4.89 Å². The van der Waals surface area contributed by atoms with E-state index in [4.69, 9.17) is 9.57 Å². The van der Waals surface area contributed by atoms with Crippen molar-refractivity contribution in [1.82, 2.24) is 14.7 Å². The largest absolute Gasteiger partial charge is 0.475 e. The Hall–Kier alpha value is -3.05. The van der Waals surface area contributed by atoms with Crippen LogP contribution in [0.4, 0.5) is 13.2 Å². The van der Waals surface area contributed by atoms with Gasteiger partial charge >= 0.3 is 6.18 Å². The van der Waals surface area contributed by atoms with Crippen LogP contribution in [0.3, 0.4) is 0 Å². The van der Waals surface area contributed by atoms with Crippen LogP contribution in [-0.4, -0.2) is 24.8 Å². The van der Waals surface area contributed by atoms with E-state index in [-0.39, 0.29) is 33.2 Å². The zero-order valence-electron chi connectivity index (χ0n) is 15.6. The van der Waals surface area contributed by atoms with Gasteiger partial charge in [0.1, 0.15) is 6.61 Å². The number of benzene rings is 2. The highest BCUT2D eigenvalue weighted by Gasteiger charge is 2.37. The molecule has 1 aliphatic heterocycles. The van der Waals surface area contributed by atoms with Gasteiger partial charge in [0, 0.05) is 11.1 Å². The predicted molar refractivity (Wildman–Crippen MR) is 100 cm³/mol. The monoisotopic (exact) mass is 439 g/mol. The standard InChI is InChI=1S/C19H16F3N3O4S/c1-12-16(29-24-30(26,27)13-5-3-2-4-6-13)8-7-15(19(20,21)22)17(12)14-11-23-25-9-10-28-18(14)25/h2-8,11,24H,9-10H2,1H3. The van der Waals surface area contributed by atoms with Gasteiger partial charge < -0.3 is 9.57 Å². The van der Waals surface area contributed by atoms with Gasteiger partial charge in [-0.05, 0) is 36.1 Å². The summed E-state index contributed by atoms with van der Waals surface area (Å²) in [6.07, 6.45) is -3.35. The first kappa shape index (κ1) is 20.2. The van der Waals surface area contributed by atoms with Gasteiger partial charge in [0.25, 0.3) is 10.0 Å². The van der Waals surface area contributed by atoms with E-state index in [0.29, 0.717) is 13.2 Å². The Balaban J connectivity index is 1.74. The van der Waals surface area contributed by atoms with Crippen LogP contribution in [0, 0.1) is 6.92 Å². The minimum Gasteiger partial charge on any atom is -0.475 e. The number of nitrogens with zero attached hydrogens (tertiary/aromatic N) is 2. The fourth-order valence-electron chi connectivity index (χ4n) is 3.22. The number of ether oxygens (including phenoxy) is 1. The highest BCUT2D eigenvalue weighted by Crippen LogP contribution is 2.45. The average molecular weight is 439 g/mol. The van der Waals surface area contributed by atoms with Crippen LogP contribution < -0.4 is 14.5 Å². The van der Waals surface area contributed by atoms with Crippen LogP contribution in [0.25, 0.3) is 11.1 Å². The lowest BCUT2D eigenvalue weighted by atomic mass is 9.95. The summed E-state index contributed by atoms with van der Waals surface area (Å²) in [4.78, 5) is 7.12. The zero-order chi connectivity index (χ0) is 21.5. The number of hydrogen-bond donors (Lipinski definition) is 1. The smallest absolute Gasteiger partial charge is 0.417 e. The van der Waals surface area contributed by atoms with E-state index >= 15 is 0 Å². The van der Waals surface area contributed by atoms with Crippen LogP contribution in [0.5, 0.6) is 11.6 Å². The molecule has 0 fully saturated rings. The Kier molecular flexibility index (Phi) is 4.94. The Morgan fingerprint density at radius 1 is 1.17 bits per heavy atom. The molecule has 1 N–H and O–H groups in total. The molecule has 0 spiro atoms. The summed E-state index contributed by atoms with van der Waals surface area (Å²) in [6, 6.07) is 9.37. The second-order valence-electron chi connectivity index (χ2n) is 6.55. The number of aromatic nitrogens is 2. The molecule has 0 bridgehead atoms. The summed E-state index contributed by atoms with van der Waals surface area (Å²) in [5.41, 5.74) is -0.827. The summed E-state index contributed by atoms with van der Waals surface area (Å²) < 4.78 is 72.7. The van der Waals surface area contributed by atoms with Gasteiger partial charge in [-0.15, -0.1) is 0 Å². The van der Waals surface area contributed by atoms with Crippen LogP contribution in [0.15, 0.2) is 53.6 Å². The minimum absolute atomic E-state index is 0.0438. The number of nitrogens with one attached hydrogen (secondary N) is 1. The lowest BCUT2D eigenvalue weighted by Gasteiger charge is -2.18. The molecule has 0 amide bonds. The third-order valence-electron chi connectivity index (χ3n) is 4.64. The van der Waals surface area contributed by atoms with Gasteiger partial charge in [0.05, 0.1) is 28.8 Å². The van der Waals surface area contributed by atoms with Crippen molar-refractivity contribution in [2.75, 3.05) is 6.61 Å². The van der Waals surface area contributed by atoms with E-state index in [0.717, 1.165) is 12.1 Å². The topological polar surface area (TPSA) is 82.5 Å². The molecular weight excluding hydrogens is 423 g/mol. The average Bonchev–Trinajstić information content (AvgIpc) is 3.31. The molecule has 3 aromatic rings. The van der Waals surface area contributed by atoms with Gasteiger partial charge in [0.15, 0.2) is 5.75 Å². The molecule has 158 valence electrons. The van der Waals surface area contributed by atoms with E-state index in [1.54, 1.807) is 6.07 Å². The summed E-state index contributed by atoms with van der Waals surface area (Å²) in [6.45, 7) is 2.15. The third-order valence-corrected chi connectivity index (χ3v) is 5.83. The van der Waals surface area contributed by atoms with Crippen molar-refractivity contribution in [2.45, 2.75) is 24.5 Å². The Morgan fingerprint density at radius 2 is 1.90 bits per heavy atom. The van der Waals surface area contributed by atoms with Crippen LogP contribution in [0.1, 0.15) is 11.1 Å². The summed E-state index contributed by atoms with van der Waals surface area (Å²) in [5, 5.41) is 4.06. The maximum atomic E-state index is 13.7. The quantitative estimate of drug-likeness (QED) is 0.615. The SMILES string of the molecule is Cc1c(ONS(=O)(=O)c2ccccc2)ccc(C(F)(F)F)c1-c1cnn2c1OCC2. The number of rotatable bonds is 5. The molecule has 0 atom stereocenters. The molecule has 0 saturated carbocycles. The van der Waals surface area contributed by atoms with E-state index in [9.17, 15) is 21.6 Å². The van der Waals surface area contributed by atoms with Gasteiger partial charge in [-0.2, -0.15) is 18.3 Å². The van der Waals surface area contributed by atoms with Crippen molar-refractivity contribution < 1.29 is 31.2 Å². The van der Waals surface area contributed by atoms with Crippen molar-refractivity contribution in [1.29, 1.82) is 0 Å². The highest BCUT2D eigenvalue weighted by atomic mass is 32.2. The van der Waals surface area contributed by atoms with Crippen LogP contribution in [-0.2, 0) is 22.7 Å². The molecule has 2 heterocycles. The first-order chi connectivity index (χ1) is 14.2. The lowest BCUT2D eigenvalue weighted by Crippen LogP contribution is -2.27. The minimum atomic E-state index is -4.64. The fraction of sp³-hybridized carbons (Fsp3) is 0.211. The van der Waals surface area contributed by atoms with Crippen molar-refractivity contribution in [2.24, 2.45) is 0 Å². The first-order valence-electron chi connectivity index (χ1n) is 8.82. The van der Waals surface area contributed by atoms with Crippen LogP contribution >= 0.6 is 0 Å². The second-order valence-corrected chi connectivity index (χ2v) is 8.19. The number of hydrogen-bond acceptors (Lipinski definition) is 5. The molecule has 4 rings (SSSR count). The summed E-state index contributed by atoms with van der Waals surface area (Å²) >= 11 is 0. The number of halogens is 3. The van der Waals surface area contributed by atoms with Crippen LogP contribution in [0.2, 0.25) is 0 Å². The maximum Gasteiger partial charge on any atom is 0.417 e. The molecular formula is C19H16F3N3O4S. The van der Waals surface area contributed by atoms with Crippen molar-refractivity contribution in [3.8, 4) is 22.8 Å². The van der Waals surface area contributed by atoms with Gasteiger partial charge in [-0.25, -0.2) is 13.1 Å². The molecule has 1 aromatic heterocycles. The molecule has 0 aliphatic carbocycles. The highest BCUT2D eigenvalue weighted by molar-refractivity contribution is 7.89. The van der Waals surface area contributed by atoms with Crippen molar-refractivity contribution in [3.05, 3.63) is 59.8 Å². The van der Waals surface area contributed by atoms with Gasteiger partial charge in [0.2, 0.25) is 5.88 Å². The predicted octanol–water partition coefficient (Wildman–Crippen LogP) is 3.54. The molecule has 1 aliphatic rings. The Labute approximate surface area is 170 Å². The van der Waals surface area contributed by atoms with Gasteiger partial charge in [-0.3, -0.25) is 0 Å². The zero-order valence-corrected chi connectivity index (χ0v) is 16.4. The molecule has 0 unspecified atom stereocenters. The Bertz CT molecular complexity index is 1190. The molecule has 11 heteroatoms. The second kappa shape index (κ2) is 7.33. The molecule has 7 nitrogen and oxygen atoms in total. The number of fused-ring (bicyclic) bond motifs is 1. The number of sulfonamides is 1. The van der Waals surface area contributed by atoms with E-state index < -0.39 is 21.8 Å².